The Kier molecular flexibility index (Phi) is 5.80. The fourth-order valence-corrected chi connectivity index (χ4v) is 3.04. The van der Waals surface area contributed by atoms with Crippen molar-refractivity contribution in [2.24, 2.45) is 0 Å². The third-order valence-electron chi connectivity index (χ3n) is 3.04. The molecule has 0 saturated carbocycles. The fraction of sp³-hybridized carbons (Fsp3) is 0.312. The molecule has 0 aliphatic heterocycles. The molecule has 0 radical (unpaired) electrons. The SMILES string of the molecule is C[C@@H](Cc1ccc(Br)cc1)NC(=O)CCc1cccs1. The van der Waals surface area contributed by atoms with Crippen LogP contribution in [0.15, 0.2) is 46.3 Å². The largest absolute Gasteiger partial charge is 0.353 e. The predicted molar refractivity (Wildman–Crippen MR) is 88.1 cm³/mol. The number of halogens is 1. The number of benzene rings is 1. The molecule has 106 valence electrons. The van der Waals surface area contributed by atoms with Gasteiger partial charge in [0.15, 0.2) is 0 Å². The molecule has 0 fully saturated rings. The topological polar surface area (TPSA) is 29.1 Å². The highest BCUT2D eigenvalue weighted by molar-refractivity contribution is 9.10. The molecule has 20 heavy (non-hydrogen) atoms. The first-order valence-electron chi connectivity index (χ1n) is 6.69. The second-order valence-electron chi connectivity index (χ2n) is 4.88. The number of hydrogen-bond donors (Lipinski definition) is 1. The van der Waals surface area contributed by atoms with Crippen LogP contribution in [-0.2, 0) is 17.6 Å². The second kappa shape index (κ2) is 7.60. The van der Waals surface area contributed by atoms with Crippen LogP contribution in [0.3, 0.4) is 0 Å². The van der Waals surface area contributed by atoms with Gasteiger partial charge in [-0.2, -0.15) is 0 Å². The van der Waals surface area contributed by atoms with Crippen molar-refractivity contribution in [2.75, 3.05) is 0 Å². The average Bonchev–Trinajstić information content (AvgIpc) is 2.92. The summed E-state index contributed by atoms with van der Waals surface area (Å²) in [6.07, 6.45) is 2.25. The molecule has 1 atom stereocenters. The fourth-order valence-electron chi connectivity index (χ4n) is 2.06. The van der Waals surface area contributed by atoms with E-state index in [0.29, 0.717) is 6.42 Å². The Morgan fingerprint density at radius 1 is 1.30 bits per heavy atom. The summed E-state index contributed by atoms with van der Waals surface area (Å²) >= 11 is 5.13. The van der Waals surface area contributed by atoms with Crippen molar-refractivity contribution in [3.05, 3.63) is 56.7 Å². The van der Waals surface area contributed by atoms with Crippen molar-refractivity contribution in [1.29, 1.82) is 0 Å². The summed E-state index contributed by atoms with van der Waals surface area (Å²) in [4.78, 5) is 13.1. The maximum absolute atomic E-state index is 11.9. The first-order valence-corrected chi connectivity index (χ1v) is 8.37. The van der Waals surface area contributed by atoms with E-state index in [1.165, 1.54) is 10.4 Å². The summed E-state index contributed by atoms with van der Waals surface area (Å²) in [6.45, 7) is 2.05. The number of carbonyl (C=O) groups is 1. The molecule has 1 aromatic heterocycles. The van der Waals surface area contributed by atoms with Crippen molar-refractivity contribution >= 4 is 33.2 Å². The maximum atomic E-state index is 11.9. The highest BCUT2D eigenvalue weighted by Crippen LogP contribution is 2.13. The van der Waals surface area contributed by atoms with Gasteiger partial charge in [0.05, 0.1) is 0 Å². The van der Waals surface area contributed by atoms with Crippen molar-refractivity contribution in [1.82, 2.24) is 5.32 Å². The van der Waals surface area contributed by atoms with Crippen LogP contribution in [0.2, 0.25) is 0 Å². The second-order valence-corrected chi connectivity index (χ2v) is 6.83. The van der Waals surface area contributed by atoms with E-state index in [1.54, 1.807) is 11.3 Å². The number of thiophene rings is 1. The summed E-state index contributed by atoms with van der Waals surface area (Å²) in [7, 11) is 0. The average molecular weight is 352 g/mol. The van der Waals surface area contributed by atoms with Crippen molar-refractivity contribution in [2.45, 2.75) is 32.2 Å². The van der Waals surface area contributed by atoms with Gasteiger partial charge in [0.2, 0.25) is 5.91 Å². The predicted octanol–water partition coefficient (Wildman–Crippen LogP) is 4.19. The van der Waals surface area contributed by atoms with Crippen molar-refractivity contribution < 1.29 is 4.79 Å². The van der Waals surface area contributed by atoms with Crippen LogP contribution in [0, 0.1) is 0 Å². The summed E-state index contributed by atoms with van der Waals surface area (Å²) < 4.78 is 1.08. The van der Waals surface area contributed by atoms with Gasteiger partial charge in [0.25, 0.3) is 0 Å². The van der Waals surface area contributed by atoms with E-state index in [0.717, 1.165) is 17.3 Å². The summed E-state index contributed by atoms with van der Waals surface area (Å²) in [5.74, 6) is 0.128. The Hall–Kier alpha value is -1.13. The molecule has 1 amide bonds. The first kappa shape index (κ1) is 15.3. The molecule has 0 unspecified atom stereocenters. The lowest BCUT2D eigenvalue weighted by molar-refractivity contribution is -0.121. The minimum absolute atomic E-state index is 0.128. The first-order chi connectivity index (χ1) is 9.63. The van der Waals surface area contributed by atoms with Gasteiger partial charge in [-0.3, -0.25) is 4.79 Å². The van der Waals surface area contributed by atoms with E-state index in [1.807, 2.05) is 30.5 Å². The zero-order valence-corrected chi connectivity index (χ0v) is 13.8. The van der Waals surface area contributed by atoms with E-state index in [-0.39, 0.29) is 11.9 Å². The molecular weight excluding hydrogens is 334 g/mol. The molecule has 2 aromatic rings. The maximum Gasteiger partial charge on any atom is 0.220 e. The number of hydrogen-bond acceptors (Lipinski definition) is 2. The summed E-state index contributed by atoms with van der Waals surface area (Å²) in [5, 5.41) is 5.10. The minimum Gasteiger partial charge on any atom is -0.353 e. The van der Waals surface area contributed by atoms with Crippen LogP contribution in [0.4, 0.5) is 0 Å². The molecule has 0 saturated heterocycles. The number of nitrogens with one attached hydrogen (secondary N) is 1. The molecule has 2 rings (SSSR count). The van der Waals surface area contributed by atoms with Gasteiger partial charge in [-0.15, -0.1) is 11.3 Å². The molecule has 1 heterocycles. The highest BCUT2D eigenvalue weighted by atomic mass is 79.9. The van der Waals surface area contributed by atoms with Crippen LogP contribution in [0.25, 0.3) is 0 Å². The van der Waals surface area contributed by atoms with Crippen LogP contribution in [-0.4, -0.2) is 11.9 Å². The molecule has 0 aliphatic rings. The van der Waals surface area contributed by atoms with Crippen molar-refractivity contribution in [3.63, 3.8) is 0 Å². The smallest absolute Gasteiger partial charge is 0.220 e. The van der Waals surface area contributed by atoms with E-state index < -0.39 is 0 Å². The monoisotopic (exact) mass is 351 g/mol. The van der Waals surface area contributed by atoms with Gasteiger partial charge in [-0.1, -0.05) is 34.1 Å². The van der Waals surface area contributed by atoms with Crippen LogP contribution < -0.4 is 5.32 Å². The number of carbonyl (C=O) groups excluding carboxylic acids is 1. The molecule has 1 aromatic carbocycles. The Morgan fingerprint density at radius 2 is 2.05 bits per heavy atom. The summed E-state index contributed by atoms with van der Waals surface area (Å²) in [5.41, 5.74) is 1.24. The number of amides is 1. The standard InChI is InChI=1S/C16H18BrNOS/c1-12(11-13-4-6-14(17)7-5-13)18-16(19)9-8-15-3-2-10-20-15/h2-7,10,12H,8-9,11H2,1H3,(H,18,19)/t12-/m0/s1. The van der Waals surface area contributed by atoms with Crippen LogP contribution >= 0.6 is 27.3 Å². The lowest BCUT2D eigenvalue weighted by Gasteiger charge is -2.14. The minimum atomic E-state index is 0.128. The van der Waals surface area contributed by atoms with Gasteiger partial charge in [0, 0.05) is 21.8 Å². The normalized spacial score (nSPS) is 12.1. The Bertz CT molecular complexity index is 536. The van der Waals surface area contributed by atoms with E-state index in [9.17, 15) is 4.79 Å². The summed E-state index contributed by atoms with van der Waals surface area (Å²) in [6, 6.07) is 12.5. The molecule has 1 N–H and O–H groups in total. The molecule has 0 spiro atoms. The van der Waals surface area contributed by atoms with Crippen LogP contribution in [0.1, 0.15) is 23.8 Å². The molecule has 4 heteroatoms. The quantitative estimate of drug-likeness (QED) is 0.830. The molecule has 0 bridgehead atoms. The number of aryl methyl sites for hydroxylation is 1. The van der Waals surface area contributed by atoms with Crippen molar-refractivity contribution in [3.8, 4) is 0 Å². The Morgan fingerprint density at radius 3 is 2.70 bits per heavy atom. The van der Waals surface area contributed by atoms with Gasteiger partial charge in [-0.05, 0) is 48.9 Å². The van der Waals surface area contributed by atoms with Gasteiger partial charge < -0.3 is 5.32 Å². The lowest BCUT2D eigenvalue weighted by atomic mass is 10.1. The Labute approximate surface area is 132 Å². The third-order valence-corrected chi connectivity index (χ3v) is 4.51. The molecule has 2 nitrogen and oxygen atoms in total. The number of rotatable bonds is 6. The highest BCUT2D eigenvalue weighted by Gasteiger charge is 2.08. The van der Waals surface area contributed by atoms with Crippen LogP contribution in [0.5, 0.6) is 0 Å². The van der Waals surface area contributed by atoms with Gasteiger partial charge in [0.1, 0.15) is 0 Å². The van der Waals surface area contributed by atoms with E-state index in [2.05, 4.69) is 39.4 Å². The van der Waals surface area contributed by atoms with E-state index in [4.69, 9.17) is 0 Å². The third kappa shape index (κ3) is 5.10. The lowest BCUT2D eigenvalue weighted by Crippen LogP contribution is -2.34. The van der Waals surface area contributed by atoms with Gasteiger partial charge >= 0.3 is 0 Å². The van der Waals surface area contributed by atoms with Gasteiger partial charge in [-0.25, -0.2) is 0 Å². The zero-order chi connectivity index (χ0) is 14.4. The molecule has 0 aliphatic carbocycles. The zero-order valence-electron chi connectivity index (χ0n) is 11.4. The molecular formula is C16H18BrNOS. The van der Waals surface area contributed by atoms with E-state index >= 15 is 0 Å². The Balaban J connectivity index is 1.74.